The Morgan fingerprint density at radius 2 is 1.70 bits per heavy atom. The molecule has 0 spiro atoms. The Hall–Kier alpha value is -2.57. The van der Waals surface area contributed by atoms with Crippen molar-refractivity contribution in [3.8, 4) is 17.4 Å². The summed E-state index contributed by atoms with van der Waals surface area (Å²) in [5.74, 6) is 0.306. The van der Waals surface area contributed by atoms with E-state index in [1.165, 1.54) is 10.6 Å². The van der Waals surface area contributed by atoms with Crippen molar-refractivity contribution in [3.63, 3.8) is 0 Å². The van der Waals surface area contributed by atoms with Crippen molar-refractivity contribution in [2.24, 2.45) is 0 Å². The van der Waals surface area contributed by atoms with E-state index in [1.807, 2.05) is 24.3 Å². The highest BCUT2D eigenvalue weighted by Gasteiger charge is 2.22. The minimum absolute atomic E-state index is 0.0137. The number of benzene rings is 2. The normalized spacial score (nSPS) is 11.5. The Balaban J connectivity index is 1.84. The molecule has 0 saturated carbocycles. The molecule has 3 heterocycles. The quantitative estimate of drug-likeness (QED) is 0.262. The van der Waals surface area contributed by atoms with E-state index in [-0.39, 0.29) is 21.5 Å². The van der Waals surface area contributed by atoms with Gasteiger partial charge in [-0.2, -0.15) is 0 Å². The topological polar surface area (TPSA) is 60.9 Å². The lowest BCUT2D eigenvalue weighted by Gasteiger charge is -2.11. The minimum atomic E-state index is -0.588. The van der Waals surface area contributed by atoms with Gasteiger partial charge >= 0.3 is 5.63 Å². The van der Waals surface area contributed by atoms with Crippen molar-refractivity contribution in [3.05, 3.63) is 85.4 Å². The summed E-state index contributed by atoms with van der Waals surface area (Å²) in [7, 11) is 0. The molecule has 30 heavy (non-hydrogen) atoms. The van der Waals surface area contributed by atoms with Crippen LogP contribution in [0.2, 0.25) is 20.2 Å². The van der Waals surface area contributed by atoms with E-state index in [1.54, 1.807) is 24.4 Å². The third kappa shape index (κ3) is 2.97. The van der Waals surface area contributed by atoms with Crippen molar-refractivity contribution in [2.45, 2.75) is 0 Å². The molecule has 5 nitrogen and oxygen atoms in total. The fraction of sp³-hybridized carbons (Fsp3) is 0. The van der Waals surface area contributed by atoms with Gasteiger partial charge in [0.05, 0.1) is 20.5 Å². The van der Waals surface area contributed by atoms with Crippen LogP contribution in [0.1, 0.15) is 0 Å². The SMILES string of the molecule is O=c1oc(-c2cc(Cl)c(Cl)n2-c2ncccc2Cl)nc2c(Cl)c3ccccc3cc12. The summed E-state index contributed by atoms with van der Waals surface area (Å²) >= 11 is 25.5. The van der Waals surface area contributed by atoms with Gasteiger partial charge in [-0.1, -0.05) is 70.7 Å². The molecule has 0 radical (unpaired) electrons. The Bertz CT molecular complexity index is 1520. The maximum absolute atomic E-state index is 12.8. The van der Waals surface area contributed by atoms with Crippen LogP contribution in [-0.2, 0) is 0 Å². The van der Waals surface area contributed by atoms with Crippen molar-refractivity contribution in [2.75, 3.05) is 0 Å². The van der Waals surface area contributed by atoms with Crippen LogP contribution in [0.15, 0.2) is 63.9 Å². The van der Waals surface area contributed by atoms with Crippen LogP contribution in [-0.4, -0.2) is 14.5 Å². The summed E-state index contributed by atoms with van der Waals surface area (Å²) in [5, 5.41) is 2.92. The number of hydrogen-bond acceptors (Lipinski definition) is 4. The average Bonchev–Trinajstić information content (AvgIpc) is 3.04. The largest absolute Gasteiger partial charge is 0.401 e. The molecular formula is C21H9Cl4N3O2. The molecule has 9 heteroatoms. The van der Waals surface area contributed by atoms with E-state index in [0.29, 0.717) is 27.1 Å². The predicted molar refractivity (Wildman–Crippen MR) is 120 cm³/mol. The molecule has 5 aromatic rings. The third-order valence-electron chi connectivity index (χ3n) is 4.65. The van der Waals surface area contributed by atoms with E-state index in [9.17, 15) is 4.79 Å². The van der Waals surface area contributed by atoms with Gasteiger partial charge in [-0.25, -0.2) is 14.8 Å². The zero-order chi connectivity index (χ0) is 21.0. The zero-order valence-corrected chi connectivity index (χ0v) is 17.9. The molecule has 0 aliphatic carbocycles. The smallest absolute Gasteiger partial charge is 0.347 e. The Morgan fingerprint density at radius 3 is 2.50 bits per heavy atom. The molecule has 0 saturated heterocycles. The van der Waals surface area contributed by atoms with Crippen molar-refractivity contribution < 1.29 is 4.42 Å². The first-order valence-electron chi connectivity index (χ1n) is 8.66. The highest BCUT2D eigenvalue weighted by atomic mass is 35.5. The van der Waals surface area contributed by atoms with Gasteiger partial charge in [0.1, 0.15) is 16.4 Å². The number of pyridine rings is 1. The van der Waals surface area contributed by atoms with Gasteiger partial charge in [-0.15, -0.1) is 0 Å². The lowest BCUT2D eigenvalue weighted by atomic mass is 10.1. The number of rotatable bonds is 2. The Labute approximate surface area is 189 Å². The summed E-state index contributed by atoms with van der Waals surface area (Å²) in [6, 6.07) is 14.0. The fourth-order valence-electron chi connectivity index (χ4n) is 3.30. The molecule has 0 aliphatic rings. The standard InChI is InChI=1S/C21H9Cl4N3O2/c22-13-6-3-7-26-19(13)28-15(9-14(23)18(28)25)20-27-17-12(21(29)30-20)8-10-4-1-2-5-11(10)16(17)24/h1-9H. The second-order valence-corrected chi connectivity index (χ2v) is 7.98. The number of aromatic nitrogens is 3. The van der Waals surface area contributed by atoms with Gasteiger partial charge in [0.25, 0.3) is 0 Å². The second-order valence-electron chi connectivity index (χ2n) is 6.43. The van der Waals surface area contributed by atoms with E-state index in [2.05, 4.69) is 9.97 Å². The molecule has 2 aromatic carbocycles. The Morgan fingerprint density at radius 1 is 0.900 bits per heavy atom. The van der Waals surface area contributed by atoms with Crippen LogP contribution in [0.5, 0.6) is 0 Å². The fourth-order valence-corrected chi connectivity index (χ4v) is 4.23. The molecule has 0 aliphatic heterocycles. The van der Waals surface area contributed by atoms with E-state index in [0.717, 1.165) is 10.8 Å². The molecular weight excluding hydrogens is 468 g/mol. The monoisotopic (exact) mass is 475 g/mol. The van der Waals surface area contributed by atoms with Crippen molar-refractivity contribution >= 4 is 68.1 Å². The molecule has 3 aromatic heterocycles. The van der Waals surface area contributed by atoms with Crippen LogP contribution < -0.4 is 5.63 Å². The summed E-state index contributed by atoms with van der Waals surface area (Å²) in [4.78, 5) is 21.6. The molecule has 0 unspecified atom stereocenters. The van der Waals surface area contributed by atoms with E-state index < -0.39 is 5.63 Å². The van der Waals surface area contributed by atoms with Gasteiger partial charge in [0.15, 0.2) is 5.82 Å². The van der Waals surface area contributed by atoms with Crippen LogP contribution in [0.4, 0.5) is 0 Å². The van der Waals surface area contributed by atoms with Gasteiger partial charge in [-0.3, -0.25) is 4.57 Å². The number of halogens is 4. The molecule has 0 fully saturated rings. The molecule has 148 valence electrons. The van der Waals surface area contributed by atoms with Crippen LogP contribution in [0, 0.1) is 0 Å². The Kier molecular flexibility index (Phi) is 4.71. The number of fused-ring (bicyclic) bond motifs is 2. The molecule has 0 amide bonds. The molecule has 0 N–H and O–H groups in total. The number of nitrogens with zero attached hydrogens (tertiary/aromatic N) is 3. The molecule has 0 atom stereocenters. The highest BCUT2D eigenvalue weighted by molar-refractivity contribution is 6.42. The van der Waals surface area contributed by atoms with Crippen molar-refractivity contribution in [1.82, 2.24) is 14.5 Å². The summed E-state index contributed by atoms with van der Waals surface area (Å²) in [6.07, 6.45) is 1.56. The highest BCUT2D eigenvalue weighted by Crippen LogP contribution is 2.37. The lowest BCUT2D eigenvalue weighted by Crippen LogP contribution is -2.07. The second kappa shape index (κ2) is 7.29. The van der Waals surface area contributed by atoms with Crippen LogP contribution in [0.25, 0.3) is 39.1 Å². The lowest BCUT2D eigenvalue weighted by molar-refractivity contribution is 0.515. The molecule has 0 bridgehead atoms. The van der Waals surface area contributed by atoms with Gasteiger partial charge < -0.3 is 4.42 Å². The van der Waals surface area contributed by atoms with Gasteiger partial charge in [0.2, 0.25) is 5.89 Å². The first-order chi connectivity index (χ1) is 14.5. The first-order valence-corrected chi connectivity index (χ1v) is 10.2. The first kappa shape index (κ1) is 19.4. The van der Waals surface area contributed by atoms with Crippen LogP contribution >= 0.6 is 46.4 Å². The van der Waals surface area contributed by atoms with E-state index >= 15 is 0 Å². The number of hydrogen-bond donors (Lipinski definition) is 0. The van der Waals surface area contributed by atoms with Crippen molar-refractivity contribution in [1.29, 1.82) is 0 Å². The maximum atomic E-state index is 12.8. The summed E-state index contributed by atoms with van der Waals surface area (Å²) < 4.78 is 6.99. The predicted octanol–water partition coefficient (Wildman–Crippen LogP) is 6.81. The summed E-state index contributed by atoms with van der Waals surface area (Å²) in [6.45, 7) is 0. The van der Waals surface area contributed by atoms with E-state index in [4.69, 9.17) is 50.8 Å². The summed E-state index contributed by atoms with van der Waals surface area (Å²) in [5.41, 5.74) is 0.0392. The van der Waals surface area contributed by atoms with Crippen LogP contribution in [0.3, 0.4) is 0 Å². The van der Waals surface area contributed by atoms with Gasteiger partial charge in [-0.05, 0) is 29.7 Å². The zero-order valence-electron chi connectivity index (χ0n) is 14.9. The maximum Gasteiger partial charge on any atom is 0.347 e. The third-order valence-corrected chi connectivity index (χ3v) is 6.09. The minimum Gasteiger partial charge on any atom is -0.401 e. The van der Waals surface area contributed by atoms with Gasteiger partial charge in [0, 0.05) is 11.6 Å². The average molecular weight is 477 g/mol. The molecule has 5 rings (SSSR count).